The van der Waals surface area contributed by atoms with Gasteiger partial charge in [0, 0.05) is 34.9 Å². The molecule has 96 valence electrons. The van der Waals surface area contributed by atoms with Crippen molar-refractivity contribution in [3.05, 3.63) is 0 Å². The molecular weight excluding hydrogens is 220 g/mol. The molecule has 3 atom stereocenters. The summed E-state index contributed by atoms with van der Waals surface area (Å²) in [6, 6.07) is 1.13. The molecule has 0 saturated carbocycles. The summed E-state index contributed by atoms with van der Waals surface area (Å²) in [6.07, 6.45) is 7.06. The zero-order valence-electron chi connectivity index (χ0n) is 10.9. The average Bonchev–Trinajstić information content (AvgIpc) is 2.19. The second-order valence-electron chi connectivity index (χ2n) is 5.01. The van der Waals surface area contributed by atoms with E-state index in [0.29, 0.717) is 6.04 Å². The first-order chi connectivity index (χ1) is 7.59. The lowest BCUT2D eigenvalue weighted by Gasteiger charge is -2.32. The van der Waals surface area contributed by atoms with Crippen LogP contribution in [0.15, 0.2) is 0 Å². The zero-order valence-corrected chi connectivity index (χ0v) is 11.7. The van der Waals surface area contributed by atoms with Crippen molar-refractivity contribution < 1.29 is 4.21 Å². The number of piperidine rings is 1. The first-order valence-electron chi connectivity index (χ1n) is 6.33. The van der Waals surface area contributed by atoms with Crippen LogP contribution in [0.2, 0.25) is 0 Å². The molecule has 0 radical (unpaired) electrons. The summed E-state index contributed by atoms with van der Waals surface area (Å²) in [5, 5.41) is 3.46. The maximum Gasteiger partial charge on any atom is 0.0383 e. The van der Waals surface area contributed by atoms with E-state index in [9.17, 15) is 4.21 Å². The van der Waals surface area contributed by atoms with Crippen molar-refractivity contribution in [2.45, 2.75) is 44.7 Å². The summed E-state index contributed by atoms with van der Waals surface area (Å²) in [6.45, 7) is 4.42. The molecule has 1 heterocycles. The van der Waals surface area contributed by atoms with Crippen LogP contribution in [-0.2, 0) is 10.8 Å². The van der Waals surface area contributed by atoms with E-state index in [-0.39, 0.29) is 0 Å². The molecule has 0 spiro atoms. The predicted octanol–water partition coefficient (Wildman–Crippen LogP) is 1.22. The number of nitrogens with zero attached hydrogens (tertiary/aromatic N) is 1. The molecular formula is C12H26N2OS. The molecule has 0 aliphatic carbocycles. The number of hydrogen-bond acceptors (Lipinski definition) is 3. The maximum absolute atomic E-state index is 11.0. The second-order valence-corrected chi connectivity index (χ2v) is 6.49. The Hall–Kier alpha value is 0.0700. The van der Waals surface area contributed by atoms with Crippen LogP contribution < -0.4 is 5.32 Å². The van der Waals surface area contributed by atoms with Crippen molar-refractivity contribution in [2.75, 3.05) is 32.1 Å². The van der Waals surface area contributed by atoms with E-state index in [2.05, 4.69) is 24.2 Å². The van der Waals surface area contributed by atoms with Gasteiger partial charge in [0.2, 0.25) is 0 Å². The van der Waals surface area contributed by atoms with Gasteiger partial charge < -0.3 is 10.2 Å². The lowest BCUT2D eigenvalue weighted by molar-refractivity contribution is 0.175. The van der Waals surface area contributed by atoms with Gasteiger partial charge >= 0.3 is 0 Å². The van der Waals surface area contributed by atoms with Gasteiger partial charge in [0.15, 0.2) is 0 Å². The molecule has 3 nitrogen and oxygen atoms in total. The van der Waals surface area contributed by atoms with Gasteiger partial charge in [-0.2, -0.15) is 0 Å². The lowest BCUT2D eigenvalue weighted by atomic mass is 10.0. The van der Waals surface area contributed by atoms with E-state index in [1.54, 1.807) is 6.26 Å². The Labute approximate surface area is 102 Å². The van der Waals surface area contributed by atoms with Crippen molar-refractivity contribution in [2.24, 2.45) is 0 Å². The van der Waals surface area contributed by atoms with Gasteiger partial charge in [-0.05, 0) is 46.3 Å². The topological polar surface area (TPSA) is 32.3 Å². The van der Waals surface area contributed by atoms with E-state index in [0.717, 1.165) is 18.3 Å². The quantitative estimate of drug-likeness (QED) is 0.765. The van der Waals surface area contributed by atoms with Crippen LogP contribution in [0, 0.1) is 0 Å². The van der Waals surface area contributed by atoms with Crippen molar-refractivity contribution >= 4 is 10.8 Å². The minimum Gasteiger partial charge on any atom is -0.313 e. The average molecular weight is 246 g/mol. The number of nitrogens with one attached hydrogen (secondary N) is 1. The van der Waals surface area contributed by atoms with E-state index in [4.69, 9.17) is 0 Å². The summed E-state index contributed by atoms with van der Waals surface area (Å²) in [5.74, 6) is 0.764. The Morgan fingerprint density at radius 1 is 1.50 bits per heavy atom. The first kappa shape index (κ1) is 14.1. The molecule has 0 amide bonds. The Bertz CT molecular complexity index is 223. The van der Waals surface area contributed by atoms with Gasteiger partial charge in [-0.15, -0.1) is 0 Å². The smallest absolute Gasteiger partial charge is 0.0383 e. The van der Waals surface area contributed by atoms with Crippen LogP contribution in [-0.4, -0.2) is 53.3 Å². The molecule has 1 aliphatic heterocycles. The fourth-order valence-electron chi connectivity index (χ4n) is 2.42. The largest absolute Gasteiger partial charge is 0.313 e. The number of likely N-dealkylation sites (tertiary alicyclic amines) is 1. The SMILES string of the molecule is CC(CS(C)=O)NCCC1CCCCN1C. The highest BCUT2D eigenvalue weighted by Crippen LogP contribution is 2.17. The monoisotopic (exact) mass is 246 g/mol. The van der Waals surface area contributed by atoms with Crippen LogP contribution in [0.1, 0.15) is 32.6 Å². The standard InChI is InChI=1S/C12H26N2OS/c1-11(10-16(3)15)13-8-7-12-6-4-5-9-14(12)2/h11-13H,4-10H2,1-3H3. The Balaban J connectivity index is 2.11. The fraction of sp³-hybridized carbons (Fsp3) is 1.00. The highest BCUT2D eigenvalue weighted by atomic mass is 32.2. The van der Waals surface area contributed by atoms with Crippen molar-refractivity contribution in [3.8, 4) is 0 Å². The lowest BCUT2D eigenvalue weighted by Crippen LogP contribution is -2.40. The highest BCUT2D eigenvalue weighted by Gasteiger charge is 2.18. The van der Waals surface area contributed by atoms with Crippen LogP contribution in [0.4, 0.5) is 0 Å². The molecule has 0 bridgehead atoms. The molecule has 4 heteroatoms. The van der Waals surface area contributed by atoms with Crippen molar-refractivity contribution in [3.63, 3.8) is 0 Å². The fourth-order valence-corrected chi connectivity index (χ4v) is 3.24. The van der Waals surface area contributed by atoms with Crippen molar-refractivity contribution in [1.29, 1.82) is 0 Å². The van der Waals surface area contributed by atoms with Gasteiger partial charge in [0.25, 0.3) is 0 Å². The van der Waals surface area contributed by atoms with Crippen LogP contribution in [0.3, 0.4) is 0 Å². The van der Waals surface area contributed by atoms with Gasteiger partial charge in [0.1, 0.15) is 0 Å². The van der Waals surface area contributed by atoms with Crippen LogP contribution >= 0.6 is 0 Å². The molecule has 1 rings (SSSR count). The molecule has 1 N–H and O–H groups in total. The third-order valence-electron chi connectivity index (χ3n) is 3.38. The molecule has 3 unspecified atom stereocenters. The van der Waals surface area contributed by atoms with Gasteiger partial charge in [-0.25, -0.2) is 0 Å². The molecule has 0 aromatic heterocycles. The van der Waals surface area contributed by atoms with Crippen LogP contribution in [0.5, 0.6) is 0 Å². The minimum absolute atomic E-state index is 0.375. The molecule has 0 aromatic carbocycles. The highest BCUT2D eigenvalue weighted by molar-refractivity contribution is 7.84. The van der Waals surface area contributed by atoms with E-state index >= 15 is 0 Å². The minimum atomic E-state index is -0.684. The molecule has 1 aliphatic rings. The normalized spacial score (nSPS) is 26.6. The van der Waals surface area contributed by atoms with Crippen molar-refractivity contribution in [1.82, 2.24) is 10.2 Å². The number of hydrogen-bond donors (Lipinski definition) is 1. The van der Waals surface area contributed by atoms with Gasteiger partial charge in [-0.3, -0.25) is 4.21 Å². The summed E-state index contributed by atoms with van der Waals surface area (Å²) in [7, 11) is 1.55. The Kier molecular flexibility index (Phi) is 6.54. The van der Waals surface area contributed by atoms with E-state index in [1.807, 2.05) is 0 Å². The van der Waals surface area contributed by atoms with Gasteiger partial charge in [-0.1, -0.05) is 6.42 Å². The molecule has 16 heavy (non-hydrogen) atoms. The van der Waals surface area contributed by atoms with Crippen LogP contribution in [0.25, 0.3) is 0 Å². The summed E-state index contributed by atoms with van der Waals surface area (Å²) < 4.78 is 11.0. The zero-order chi connectivity index (χ0) is 12.0. The second kappa shape index (κ2) is 7.41. The van der Waals surface area contributed by atoms with E-state index in [1.165, 1.54) is 32.2 Å². The summed E-state index contributed by atoms with van der Waals surface area (Å²) in [5.41, 5.74) is 0. The maximum atomic E-state index is 11.0. The molecule has 1 fully saturated rings. The predicted molar refractivity (Wildman–Crippen MR) is 71.3 cm³/mol. The first-order valence-corrected chi connectivity index (χ1v) is 8.06. The molecule has 1 saturated heterocycles. The Morgan fingerprint density at radius 2 is 2.25 bits per heavy atom. The third-order valence-corrected chi connectivity index (χ3v) is 4.35. The Morgan fingerprint density at radius 3 is 2.88 bits per heavy atom. The number of rotatable bonds is 6. The van der Waals surface area contributed by atoms with E-state index < -0.39 is 10.8 Å². The third kappa shape index (κ3) is 5.41. The summed E-state index contributed by atoms with van der Waals surface area (Å²) in [4.78, 5) is 2.48. The summed E-state index contributed by atoms with van der Waals surface area (Å²) >= 11 is 0. The molecule has 0 aromatic rings. The van der Waals surface area contributed by atoms with Gasteiger partial charge in [0.05, 0.1) is 0 Å².